The lowest BCUT2D eigenvalue weighted by atomic mass is 9.77. The Labute approximate surface area is 93.9 Å². The molecule has 2 heteroatoms. The minimum atomic E-state index is -0.0273. The van der Waals surface area contributed by atoms with E-state index in [2.05, 4.69) is 18.2 Å². The fourth-order valence-corrected chi connectivity index (χ4v) is 3.59. The van der Waals surface area contributed by atoms with Crippen LogP contribution in [0.3, 0.4) is 0 Å². The molecular weight excluding hydrogens is 200 g/mol. The molecule has 4 rings (SSSR count). The molecule has 2 aliphatic carbocycles. The van der Waals surface area contributed by atoms with Crippen LogP contribution in [0.4, 0.5) is 0 Å². The van der Waals surface area contributed by atoms with Gasteiger partial charge in [-0.05, 0) is 29.9 Å². The van der Waals surface area contributed by atoms with Crippen molar-refractivity contribution in [3.8, 4) is 5.75 Å². The largest absolute Gasteiger partial charge is 0.426 e. The Balaban J connectivity index is 1.92. The Kier molecular flexibility index (Phi) is 1.48. The molecule has 16 heavy (non-hydrogen) atoms. The standard InChI is InChI=1S/C14H12O2/c15-14-13-9-6-5-8(7-9)12(13)10-3-1-2-4-11(10)16-14/h1-6,8-9,12-13H,7H2/t8-,9+,12+,13+/m0/s1. The number of fused-ring (bicyclic) bond motifs is 7. The van der Waals surface area contributed by atoms with Gasteiger partial charge in [0.05, 0.1) is 5.92 Å². The summed E-state index contributed by atoms with van der Waals surface area (Å²) in [5.41, 5.74) is 1.23. The monoisotopic (exact) mass is 212 g/mol. The Morgan fingerprint density at radius 1 is 1.06 bits per heavy atom. The summed E-state index contributed by atoms with van der Waals surface area (Å²) in [6.07, 6.45) is 5.60. The van der Waals surface area contributed by atoms with Crippen LogP contribution in [0.25, 0.3) is 0 Å². The van der Waals surface area contributed by atoms with E-state index >= 15 is 0 Å². The van der Waals surface area contributed by atoms with Crippen LogP contribution in [0.2, 0.25) is 0 Å². The van der Waals surface area contributed by atoms with Crippen molar-refractivity contribution in [2.75, 3.05) is 0 Å². The molecule has 0 N–H and O–H groups in total. The number of esters is 1. The summed E-state index contributed by atoms with van der Waals surface area (Å²) < 4.78 is 5.43. The molecule has 1 fully saturated rings. The van der Waals surface area contributed by atoms with E-state index in [0.717, 1.165) is 12.2 Å². The van der Waals surface area contributed by atoms with Crippen molar-refractivity contribution in [2.45, 2.75) is 12.3 Å². The van der Waals surface area contributed by atoms with Crippen molar-refractivity contribution in [1.29, 1.82) is 0 Å². The molecule has 0 spiro atoms. The molecule has 3 aliphatic rings. The second-order valence-electron chi connectivity index (χ2n) is 4.96. The summed E-state index contributed by atoms with van der Waals surface area (Å²) >= 11 is 0. The minimum absolute atomic E-state index is 0.0273. The van der Waals surface area contributed by atoms with Gasteiger partial charge in [0.25, 0.3) is 0 Å². The van der Waals surface area contributed by atoms with Gasteiger partial charge in [0, 0.05) is 5.92 Å². The average molecular weight is 212 g/mol. The van der Waals surface area contributed by atoms with Crippen LogP contribution < -0.4 is 4.74 Å². The lowest BCUT2D eigenvalue weighted by Crippen LogP contribution is -2.34. The van der Waals surface area contributed by atoms with Gasteiger partial charge in [-0.1, -0.05) is 30.4 Å². The van der Waals surface area contributed by atoms with Gasteiger partial charge in [-0.15, -0.1) is 0 Å². The molecule has 0 radical (unpaired) electrons. The summed E-state index contributed by atoms with van der Waals surface area (Å²) in [4.78, 5) is 12.0. The second kappa shape index (κ2) is 2.76. The van der Waals surface area contributed by atoms with Crippen LogP contribution in [0, 0.1) is 17.8 Å². The molecule has 0 aromatic heterocycles. The van der Waals surface area contributed by atoms with E-state index in [0.29, 0.717) is 17.8 Å². The molecule has 2 bridgehead atoms. The number of para-hydroxylation sites is 1. The van der Waals surface area contributed by atoms with Crippen LogP contribution in [0.1, 0.15) is 17.9 Å². The maximum Gasteiger partial charge on any atom is 0.315 e. The first-order chi connectivity index (χ1) is 7.84. The quantitative estimate of drug-likeness (QED) is 0.375. The third-order valence-corrected chi connectivity index (χ3v) is 4.22. The van der Waals surface area contributed by atoms with Gasteiger partial charge in [0.15, 0.2) is 0 Å². The van der Waals surface area contributed by atoms with E-state index in [9.17, 15) is 4.79 Å². The Hall–Kier alpha value is -1.57. The molecule has 0 saturated heterocycles. The molecule has 4 atom stereocenters. The van der Waals surface area contributed by atoms with Crippen LogP contribution in [-0.4, -0.2) is 5.97 Å². The molecule has 1 aromatic carbocycles. The number of hydrogen-bond donors (Lipinski definition) is 0. The molecule has 1 heterocycles. The highest BCUT2D eigenvalue weighted by molar-refractivity contribution is 5.81. The predicted octanol–water partition coefficient (Wildman–Crippen LogP) is 2.51. The molecule has 1 aromatic rings. The van der Waals surface area contributed by atoms with Gasteiger partial charge >= 0.3 is 5.97 Å². The topological polar surface area (TPSA) is 26.3 Å². The van der Waals surface area contributed by atoms with Gasteiger partial charge in [-0.2, -0.15) is 0 Å². The zero-order valence-corrected chi connectivity index (χ0v) is 8.80. The summed E-state index contributed by atoms with van der Waals surface area (Å²) in [6.45, 7) is 0. The molecule has 0 amide bonds. The highest BCUT2D eigenvalue weighted by Crippen LogP contribution is 2.56. The lowest BCUT2D eigenvalue weighted by molar-refractivity contribution is -0.141. The van der Waals surface area contributed by atoms with Crippen molar-refractivity contribution in [2.24, 2.45) is 17.8 Å². The second-order valence-corrected chi connectivity index (χ2v) is 4.96. The third kappa shape index (κ3) is 0.902. The average Bonchev–Trinajstić information content (AvgIpc) is 2.90. The summed E-state index contributed by atoms with van der Waals surface area (Å²) in [5, 5.41) is 0. The van der Waals surface area contributed by atoms with Crippen molar-refractivity contribution in [3.63, 3.8) is 0 Å². The lowest BCUT2D eigenvalue weighted by Gasteiger charge is -2.32. The predicted molar refractivity (Wildman–Crippen MR) is 59.0 cm³/mol. The zero-order chi connectivity index (χ0) is 10.7. The van der Waals surface area contributed by atoms with Gasteiger partial charge in [-0.25, -0.2) is 0 Å². The molecule has 0 unspecified atom stereocenters. The molecule has 80 valence electrons. The van der Waals surface area contributed by atoms with Crippen molar-refractivity contribution in [3.05, 3.63) is 42.0 Å². The SMILES string of the molecule is O=C1Oc2ccccc2[C@@H]2[C@H]1[C@@H]1C=C[C@H]2C1. The molecule has 1 saturated carbocycles. The van der Waals surface area contributed by atoms with Gasteiger partial charge < -0.3 is 4.74 Å². The van der Waals surface area contributed by atoms with E-state index in [4.69, 9.17) is 4.74 Å². The van der Waals surface area contributed by atoms with Crippen LogP contribution in [-0.2, 0) is 4.79 Å². The van der Waals surface area contributed by atoms with Gasteiger partial charge in [0.2, 0.25) is 0 Å². The number of rotatable bonds is 0. The Morgan fingerprint density at radius 2 is 1.81 bits per heavy atom. The smallest absolute Gasteiger partial charge is 0.315 e. The summed E-state index contributed by atoms with van der Waals surface area (Å²) in [7, 11) is 0. The first-order valence-corrected chi connectivity index (χ1v) is 5.83. The number of benzene rings is 1. The van der Waals surface area contributed by atoms with E-state index in [1.165, 1.54) is 5.56 Å². The van der Waals surface area contributed by atoms with Crippen molar-refractivity contribution in [1.82, 2.24) is 0 Å². The third-order valence-electron chi connectivity index (χ3n) is 4.22. The van der Waals surface area contributed by atoms with E-state index in [1.807, 2.05) is 18.2 Å². The van der Waals surface area contributed by atoms with Crippen molar-refractivity contribution < 1.29 is 9.53 Å². The first kappa shape index (κ1) is 8.57. The fraction of sp³-hybridized carbons (Fsp3) is 0.357. The molecule has 2 nitrogen and oxygen atoms in total. The van der Waals surface area contributed by atoms with E-state index in [1.54, 1.807) is 0 Å². The van der Waals surface area contributed by atoms with Crippen molar-refractivity contribution >= 4 is 5.97 Å². The maximum atomic E-state index is 12.0. The number of hydrogen-bond acceptors (Lipinski definition) is 2. The number of carbonyl (C=O) groups excluding carboxylic acids is 1. The maximum absolute atomic E-state index is 12.0. The zero-order valence-electron chi connectivity index (χ0n) is 8.80. The minimum Gasteiger partial charge on any atom is -0.426 e. The fourth-order valence-electron chi connectivity index (χ4n) is 3.59. The van der Waals surface area contributed by atoms with E-state index in [-0.39, 0.29) is 11.9 Å². The number of carbonyl (C=O) groups is 1. The van der Waals surface area contributed by atoms with Gasteiger partial charge in [-0.3, -0.25) is 4.79 Å². The number of ether oxygens (including phenoxy) is 1. The normalized spacial score (nSPS) is 38.1. The van der Waals surface area contributed by atoms with Crippen LogP contribution in [0.5, 0.6) is 5.75 Å². The highest BCUT2D eigenvalue weighted by atomic mass is 16.5. The van der Waals surface area contributed by atoms with E-state index < -0.39 is 0 Å². The first-order valence-electron chi connectivity index (χ1n) is 5.83. The Morgan fingerprint density at radius 3 is 2.69 bits per heavy atom. The van der Waals surface area contributed by atoms with Crippen LogP contribution >= 0.6 is 0 Å². The highest BCUT2D eigenvalue weighted by Gasteiger charge is 2.52. The summed E-state index contributed by atoms with van der Waals surface area (Å²) in [5.74, 6) is 2.15. The van der Waals surface area contributed by atoms with Gasteiger partial charge in [0.1, 0.15) is 5.75 Å². The molecule has 1 aliphatic heterocycles. The van der Waals surface area contributed by atoms with Crippen LogP contribution in [0.15, 0.2) is 36.4 Å². The Bertz CT molecular complexity index is 503. The number of allylic oxidation sites excluding steroid dienone is 2. The molecular formula is C14H12O2. The summed E-state index contributed by atoms with van der Waals surface area (Å²) in [6, 6.07) is 7.97.